The van der Waals surface area contributed by atoms with Crippen molar-refractivity contribution in [1.29, 1.82) is 0 Å². The summed E-state index contributed by atoms with van der Waals surface area (Å²) in [5, 5.41) is 8.00. The number of aromatic nitrogens is 4. The topological polar surface area (TPSA) is 86.3 Å². The van der Waals surface area contributed by atoms with E-state index in [0.717, 1.165) is 23.4 Å². The summed E-state index contributed by atoms with van der Waals surface area (Å²) in [6.07, 6.45) is -6.23. The third-order valence-corrected chi connectivity index (χ3v) is 7.19. The predicted octanol–water partition coefficient (Wildman–Crippen LogP) is 7.43. The van der Waals surface area contributed by atoms with Gasteiger partial charge >= 0.3 is 12.4 Å². The number of nitrogens with one attached hydrogen (secondary N) is 1. The third-order valence-electron chi connectivity index (χ3n) is 6.44. The average molecular weight is 629 g/mol. The lowest BCUT2D eigenvalue weighted by Gasteiger charge is -2.15. The number of carbonyl (C=O) groups excluding carboxylic acids is 1. The maximum Gasteiger partial charge on any atom is 0.573 e. The van der Waals surface area contributed by atoms with Crippen molar-refractivity contribution < 1.29 is 31.5 Å². The lowest BCUT2D eigenvalue weighted by atomic mass is 10.0. The summed E-state index contributed by atoms with van der Waals surface area (Å²) in [5.41, 5.74) is 2.76. The lowest BCUT2D eigenvalue weighted by Crippen LogP contribution is -2.34. The standard InChI is InChI=1S/C30H25F5N6O2S/c1-18(2)23-5-3-4-6-24(23)40-15-16-44-29(40)38-28(42)37-26(32)25(31)19-7-9-20(10-8-19)27-36-17-41(39-27)21-11-13-22(14-12-21)43-30(33,34)35/h3-18,25-26H,1-2H3,(H,37,42). The van der Waals surface area contributed by atoms with Crippen LogP contribution in [0.15, 0.2) is 95.7 Å². The Kier molecular flexibility index (Phi) is 8.90. The lowest BCUT2D eigenvalue weighted by molar-refractivity contribution is -0.274. The van der Waals surface area contributed by atoms with Crippen LogP contribution < -0.4 is 14.9 Å². The zero-order valence-corrected chi connectivity index (χ0v) is 24.1. The molecule has 2 amide bonds. The molecule has 8 nitrogen and oxygen atoms in total. The van der Waals surface area contributed by atoms with E-state index in [1.54, 1.807) is 16.1 Å². The molecule has 0 saturated heterocycles. The van der Waals surface area contributed by atoms with E-state index in [-0.39, 0.29) is 23.1 Å². The maximum atomic E-state index is 15.0. The molecule has 0 bridgehead atoms. The highest BCUT2D eigenvalue weighted by molar-refractivity contribution is 7.07. The molecule has 0 aliphatic rings. The molecule has 0 fully saturated rings. The second kappa shape index (κ2) is 12.8. The van der Waals surface area contributed by atoms with E-state index in [4.69, 9.17) is 0 Å². The number of amides is 2. The predicted molar refractivity (Wildman–Crippen MR) is 154 cm³/mol. The maximum absolute atomic E-state index is 15.0. The van der Waals surface area contributed by atoms with Gasteiger partial charge in [0, 0.05) is 17.1 Å². The smallest absolute Gasteiger partial charge is 0.406 e. The second-order valence-electron chi connectivity index (χ2n) is 9.81. The van der Waals surface area contributed by atoms with Crippen LogP contribution in [-0.2, 0) is 0 Å². The van der Waals surface area contributed by atoms with Crippen molar-refractivity contribution in [3.63, 3.8) is 0 Å². The Balaban J connectivity index is 1.24. The first-order chi connectivity index (χ1) is 21.0. The van der Waals surface area contributed by atoms with Crippen LogP contribution in [0.4, 0.5) is 26.7 Å². The fourth-order valence-electron chi connectivity index (χ4n) is 4.35. The first-order valence-corrected chi connectivity index (χ1v) is 14.1. The number of rotatable bonds is 8. The number of para-hydroxylation sites is 1. The van der Waals surface area contributed by atoms with Crippen molar-refractivity contribution in [2.45, 2.75) is 38.6 Å². The van der Waals surface area contributed by atoms with Gasteiger partial charge in [0.25, 0.3) is 0 Å². The summed E-state index contributed by atoms with van der Waals surface area (Å²) >= 11 is 1.19. The summed E-state index contributed by atoms with van der Waals surface area (Å²) < 4.78 is 73.9. The van der Waals surface area contributed by atoms with E-state index < -0.39 is 24.9 Å². The Morgan fingerprint density at radius 1 is 1.00 bits per heavy atom. The van der Waals surface area contributed by atoms with E-state index in [0.29, 0.717) is 16.1 Å². The van der Waals surface area contributed by atoms with E-state index in [2.05, 4.69) is 19.8 Å². The Bertz CT molecular complexity index is 1800. The molecule has 5 aromatic rings. The summed E-state index contributed by atoms with van der Waals surface area (Å²) in [7, 11) is 0. The number of alkyl halides is 5. The van der Waals surface area contributed by atoms with Crippen LogP contribution in [0, 0.1) is 0 Å². The molecule has 0 radical (unpaired) electrons. The van der Waals surface area contributed by atoms with Gasteiger partial charge in [-0.25, -0.2) is 23.2 Å². The number of nitrogens with zero attached hydrogens (tertiary/aromatic N) is 5. The summed E-state index contributed by atoms with van der Waals surface area (Å²) in [6.45, 7) is 4.09. The van der Waals surface area contributed by atoms with Gasteiger partial charge in [-0.05, 0) is 47.4 Å². The third kappa shape index (κ3) is 7.19. The summed E-state index contributed by atoms with van der Waals surface area (Å²) in [4.78, 5) is 21.0. The molecule has 3 aromatic carbocycles. The van der Waals surface area contributed by atoms with Crippen LogP contribution in [0.1, 0.15) is 37.1 Å². The van der Waals surface area contributed by atoms with Gasteiger partial charge in [-0.15, -0.1) is 29.6 Å². The molecule has 2 heterocycles. The van der Waals surface area contributed by atoms with Gasteiger partial charge in [0.1, 0.15) is 12.1 Å². The zero-order chi connectivity index (χ0) is 31.4. The molecule has 2 unspecified atom stereocenters. The molecule has 2 aromatic heterocycles. The monoisotopic (exact) mass is 628 g/mol. The van der Waals surface area contributed by atoms with Gasteiger partial charge in [0.2, 0.25) is 6.30 Å². The molecule has 0 saturated carbocycles. The molecule has 1 N–H and O–H groups in total. The largest absolute Gasteiger partial charge is 0.573 e. The zero-order valence-electron chi connectivity index (χ0n) is 23.2. The van der Waals surface area contributed by atoms with Crippen LogP contribution >= 0.6 is 11.3 Å². The van der Waals surface area contributed by atoms with Crippen LogP contribution in [0.25, 0.3) is 22.8 Å². The van der Waals surface area contributed by atoms with Gasteiger partial charge in [-0.3, -0.25) is 4.57 Å². The Labute approximate surface area is 252 Å². The van der Waals surface area contributed by atoms with E-state index in [9.17, 15) is 26.7 Å². The van der Waals surface area contributed by atoms with Crippen LogP contribution in [0.5, 0.6) is 5.75 Å². The highest BCUT2D eigenvalue weighted by atomic mass is 32.1. The Morgan fingerprint density at radius 2 is 1.70 bits per heavy atom. The van der Waals surface area contributed by atoms with E-state index >= 15 is 0 Å². The summed E-state index contributed by atoms with van der Waals surface area (Å²) in [5.74, 6) is 0.0782. The number of halogens is 5. The molecule has 5 rings (SSSR count). The van der Waals surface area contributed by atoms with Crippen molar-refractivity contribution in [2.24, 2.45) is 4.99 Å². The first kappa shape index (κ1) is 30.6. The summed E-state index contributed by atoms with van der Waals surface area (Å²) in [6, 6.07) is 17.3. The van der Waals surface area contributed by atoms with Crippen molar-refractivity contribution in [3.05, 3.63) is 107 Å². The number of ether oxygens (including phenoxy) is 1. The van der Waals surface area contributed by atoms with Gasteiger partial charge in [-0.2, -0.15) is 4.99 Å². The number of hydrogen-bond acceptors (Lipinski definition) is 5. The van der Waals surface area contributed by atoms with Gasteiger partial charge in [0.15, 0.2) is 16.8 Å². The quantitative estimate of drug-likeness (QED) is 0.143. The average Bonchev–Trinajstić information content (AvgIpc) is 3.67. The minimum atomic E-state index is -4.80. The normalized spacial score (nSPS) is 13.6. The van der Waals surface area contributed by atoms with E-state index in [1.807, 2.05) is 43.4 Å². The Morgan fingerprint density at radius 3 is 2.39 bits per heavy atom. The van der Waals surface area contributed by atoms with Crippen molar-refractivity contribution >= 4 is 17.4 Å². The molecule has 228 valence electrons. The first-order valence-electron chi connectivity index (χ1n) is 13.3. The van der Waals surface area contributed by atoms with Gasteiger partial charge in [0.05, 0.1) is 11.4 Å². The van der Waals surface area contributed by atoms with Gasteiger partial charge < -0.3 is 10.1 Å². The fourth-order valence-corrected chi connectivity index (χ4v) is 5.06. The highest BCUT2D eigenvalue weighted by Crippen LogP contribution is 2.27. The molecule has 0 spiro atoms. The molecule has 2 atom stereocenters. The molecular formula is C30H25F5N6O2S. The van der Waals surface area contributed by atoms with E-state index in [1.165, 1.54) is 58.7 Å². The second-order valence-corrected chi connectivity index (χ2v) is 10.7. The molecular weight excluding hydrogens is 603 g/mol. The molecule has 44 heavy (non-hydrogen) atoms. The highest BCUT2D eigenvalue weighted by Gasteiger charge is 2.31. The number of carbonyl (C=O) groups is 1. The fraction of sp³-hybridized carbons (Fsp3) is 0.200. The Hall–Kier alpha value is -4.85. The number of thiazole rings is 1. The number of benzene rings is 3. The minimum Gasteiger partial charge on any atom is -0.406 e. The molecule has 14 heteroatoms. The SMILES string of the molecule is CC(C)c1ccccc1-n1ccsc1=NC(=O)NC(F)C(F)c1ccc(-c2ncn(-c3ccc(OC(F)(F)F)cc3)n2)cc1. The number of urea groups is 1. The number of hydrogen-bond donors (Lipinski definition) is 1. The minimum absolute atomic E-state index is 0.0294. The van der Waals surface area contributed by atoms with Gasteiger partial charge in [-0.1, -0.05) is 56.3 Å². The van der Waals surface area contributed by atoms with Crippen LogP contribution in [-0.4, -0.2) is 38.0 Å². The molecule has 0 aliphatic carbocycles. The van der Waals surface area contributed by atoms with Crippen molar-refractivity contribution in [3.8, 4) is 28.5 Å². The van der Waals surface area contributed by atoms with Crippen molar-refractivity contribution in [2.75, 3.05) is 0 Å². The van der Waals surface area contributed by atoms with Crippen LogP contribution in [0.2, 0.25) is 0 Å². The molecule has 0 aliphatic heterocycles. The van der Waals surface area contributed by atoms with Crippen LogP contribution in [0.3, 0.4) is 0 Å². The van der Waals surface area contributed by atoms with Crippen molar-refractivity contribution in [1.82, 2.24) is 24.6 Å².